The third-order valence-corrected chi connectivity index (χ3v) is 2.74. The van der Waals surface area contributed by atoms with Gasteiger partial charge < -0.3 is 13.9 Å². The van der Waals surface area contributed by atoms with Crippen molar-refractivity contribution in [2.45, 2.75) is 46.0 Å². The lowest BCUT2D eigenvalue weighted by molar-refractivity contribution is -0.225. The summed E-state index contributed by atoms with van der Waals surface area (Å²) in [6.45, 7) is 4.49. The summed E-state index contributed by atoms with van der Waals surface area (Å²) in [5, 5.41) is 0. The Balaban J connectivity index is 3.46. The van der Waals surface area contributed by atoms with Crippen molar-refractivity contribution >= 4 is 7.82 Å². The second kappa shape index (κ2) is 8.42. The monoisotopic (exact) mass is 223 g/mol. The molecule has 0 aliphatic carbocycles. The van der Waals surface area contributed by atoms with E-state index in [0.29, 0.717) is 0 Å². The van der Waals surface area contributed by atoms with Crippen LogP contribution in [0.15, 0.2) is 0 Å². The third kappa shape index (κ3) is 8.70. The van der Waals surface area contributed by atoms with Gasteiger partial charge in [-0.25, -0.2) is 0 Å². The van der Waals surface area contributed by atoms with Crippen molar-refractivity contribution in [2.24, 2.45) is 0 Å². The van der Waals surface area contributed by atoms with Gasteiger partial charge >= 0.3 is 0 Å². The third-order valence-electron chi connectivity index (χ3n) is 1.74. The molecule has 1 unspecified atom stereocenters. The van der Waals surface area contributed by atoms with E-state index in [0.717, 1.165) is 32.1 Å². The van der Waals surface area contributed by atoms with Crippen LogP contribution in [0.25, 0.3) is 0 Å². The summed E-state index contributed by atoms with van der Waals surface area (Å²) in [7, 11) is -4.01. The summed E-state index contributed by atoms with van der Waals surface area (Å²) in [6.07, 6.45) is 4.44. The minimum atomic E-state index is -4.01. The molecule has 0 amide bonds. The molecule has 0 bridgehead atoms. The molecule has 0 radical (unpaired) electrons. The number of rotatable bonds is 9. The molecule has 0 aromatic heterocycles. The zero-order valence-electron chi connectivity index (χ0n) is 9.03. The fourth-order valence-corrected chi connectivity index (χ4v) is 1.67. The molecule has 0 aromatic carbocycles. The van der Waals surface area contributed by atoms with Gasteiger partial charge in [-0.3, -0.25) is 4.57 Å². The molecule has 0 saturated carbocycles. The number of unbranched alkanes of at least 4 members (excludes halogenated alkanes) is 3. The zero-order chi connectivity index (χ0) is 10.9. The standard InChI is InChI=1S/C9H21O4P/c1-3-5-7-9-13-14(10,11)12-8-6-4-2/h3-9H2,1-2H3,(H,10,11)/p-1. The number of hydrogen-bond acceptors (Lipinski definition) is 4. The maximum Gasteiger partial charge on any atom is 0.267 e. The predicted molar refractivity (Wildman–Crippen MR) is 53.9 cm³/mol. The topological polar surface area (TPSA) is 58.6 Å². The molecule has 0 aliphatic rings. The highest BCUT2D eigenvalue weighted by Crippen LogP contribution is 2.38. The van der Waals surface area contributed by atoms with E-state index in [-0.39, 0.29) is 13.2 Å². The van der Waals surface area contributed by atoms with Crippen molar-refractivity contribution in [2.75, 3.05) is 13.2 Å². The summed E-state index contributed by atoms with van der Waals surface area (Å²) in [5.74, 6) is 0. The largest absolute Gasteiger partial charge is 0.756 e. The quantitative estimate of drug-likeness (QED) is 0.445. The van der Waals surface area contributed by atoms with Crippen molar-refractivity contribution in [3.63, 3.8) is 0 Å². The van der Waals surface area contributed by atoms with Gasteiger partial charge in [0.1, 0.15) is 0 Å². The molecular formula is C9H20O4P-. The second-order valence-corrected chi connectivity index (χ2v) is 4.59. The van der Waals surface area contributed by atoms with Gasteiger partial charge in [0.25, 0.3) is 7.82 Å². The molecule has 0 N–H and O–H groups in total. The van der Waals surface area contributed by atoms with Crippen molar-refractivity contribution in [1.29, 1.82) is 0 Å². The highest BCUT2D eigenvalue weighted by atomic mass is 31.2. The van der Waals surface area contributed by atoms with Crippen molar-refractivity contribution in [3.05, 3.63) is 0 Å². The van der Waals surface area contributed by atoms with Crippen LogP contribution in [-0.2, 0) is 13.6 Å². The van der Waals surface area contributed by atoms with Gasteiger partial charge in [-0.15, -0.1) is 0 Å². The maximum absolute atomic E-state index is 11.1. The molecule has 5 heteroatoms. The minimum Gasteiger partial charge on any atom is -0.756 e. The molecule has 0 spiro atoms. The molecule has 0 aromatic rings. The van der Waals surface area contributed by atoms with Gasteiger partial charge in [-0.2, -0.15) is 0 Å². The summed E-state index contributed by atoms with van der Waals surface area (Å²) in [4.78, 5) is 11.1. The Morgan fingerprint density at radius 2 is 1.50 bits per heavy atom. The lowest BCUT2D eigenvalue weighted by Gasteiger charge is -2.22. The van der Waals surface area contributed by atoms with Gasteiger partial charge in [-0.1, -0.05) is 33.1 Å². The molecular weight excluding hydrogens is 203 g/mol. The molecule has 0 aliphatic heterocycles. The van der Waals surface area contributed by atoms with Crippen LogP contribution in [0.5, 0.6) is 0 Å². The van der Waals surface area contributed by atoms with E-state index in [4.69, 9.17) is 0 Å². The normalized spacial score (nSPS) is 15.4. The molecule has 0 rings (SSSR count). The smallest absolute Gasteiger partial charge is 0.267 e. The summed E-state index contributed by atoms with van der Waals surface area (Å²) in [6, 6.07) is 0. The Morgan fingerprint density at radius 3 is 2.00 bits per heavy atom. The maximum atomic E-state index is 11.1. The minimum absolute atomic E-state index is 0.227. The lowest BCUT2D eigenvalue weighted by atomic mass is 10.3. The van der Waals surface area contributed by atoms with Crippen molar-refractivity contribution < 1.29 is 18.5 Å². The number of phosphoric acid groups is 1. The van der Waals surface area contributed by atoms with Gasteiger partial charge in [0.15, 0.2) is 0 Å². The lowest BCUT2D eigenvalue weighted by Crippen LogP contribution is -2.09. The predicted octanol–water partition coefficient (Wildman–Crippen LogP) is 2.48. The summed E-state index contributed by atoms with van der Waals surface area (Å²) < 4.78 is 20.3. The summed E-state index contributed by atoms with van der Waals surface area (Å²) >= 11 is 0. The van der Waals surface area contributed by atoms with Gasteiger partial charge in [-0.05, 0) is 12.8 Å². The zero-order valence-corrected chi connectivity index (χ0v) is 9.92. The van der Waals surface area contributed by atoms with E-state index >= 15 is 0 Å². The molecule has 86 valence electrons. The van der Waals surface area contributed by atoms with E-state index in [1.807, 2.05) is 6.92 Å². The van der Waals surface area contributed by atoms with Gasteiger partial charge in [0, 0.05) is 0 Å². The van der Waals surface area contributed by atoms with Crippen LogP contribution >= 0.6 is 7.82 Å². The van der Waals surface area contributed by atoms with Crippen molar-refractivity contribution in [1.82, 2.24) is 0 Å². The molecule has 1 atom stereocenters. The van der Waals surface area contributed by atoms with E-state index in [2.05, 4.69) is 16.0 Å². The van der Waals surface area contributed by atoms with Crippen LogP contribution in [0.1, 0.15) is 46.0 Å². The molecule has 4 nitrogen and oxygen atoms in total. The summed E-state index contributed by atoms with van der Waals surface area (Å²) in [5.41, 5.74) is 0. The van der Waals surface area contributed by atoms with E-state index < -0.39 is 7.82 Å². The van der Waals surface area contributed by atoms with Gasteiger partial charge in [0.2, 0.25) is 0 Å². The Hall–Kier alpha value is 0.110. The molecule has 14 heavy (non-hydrogen) atoms. The Morgan fingerprint density at radius 1 is 1.00 bits per heavy atom. The average molecular weight is 223 g/mol. The van der Waals surface area contributed by atoms with E-state index in [1.165, 1.54) is 0 Å². The average Bonchev–Trinajstić information content (AvgIpc) is 2.13. The van der Waals surface area contributed by atoms with Crippen LogP contribution in [0, 0.1) is 0 Å². The number of hydrogen-bond donors (Lipinski definition) is 0. The first kappa shape index (κ1) is 14.1. The Labute approximate surface area is 86.2 Å². The van der Waals surface area contributed by atoms with Crippen LogP contribution in [0.2, 0.25) is 0 Å². The Bertz CT molecular complexity index is 172. The van der Waals surface area contributed by atoms with Crippen LogP contribution in [0.3, 0.4) is 0 Å². The highest BCUT2D eigenvalue weighted by molar-refractivity contribution is 7.45. The second-order valence-electron chi connectivity index (χ2n) is 3.17. The SMILES string of the molecule is CCCCCOP(=O)([O-])OCCCC. The molecule has 0 fully saturated rings. The Kier molecular flexibility index (Phi) is 8.49. The van der Waals surface area contributed by atoms with E-state index in [9.17, 15) is 9.46 Å². The molecule has 0 saturated heterocycles. The van der Waals surface area contributed by atoms with E-state index in [1.54, 1.807) is 0 Å². The van der Waals surface area contributed by atoms with Crippen molar-refractivity contribution in [3.8, 4) is 0 Å². The highest BCUT2D eigenvalue weighted by Gasteiger charge is 2.07. The first-order chi connectivity index (χ1) is 6.62. The van der Waals surface area contributed by atoms with Crippen LogP contribution < -0.4 is 4.89 Å². The van der Waals surface area contributed by atoms with Crippen LogP contribution in [0.4, 0.5) is 0 Å². The fraction of sp³-hybridized carbons (Fsp3) is 1.00. The van der Waals surface area contributed by atoms with Gasteiger partial charge in [0.05, 0.1) is 13.2 Å². The first-order valence-electron chi connectivity index (χ1n) is 5.22. The molecule has 0 heterocycles. The fourth-order valence-electron chi connectivity index (χ4n) is 0.886. The first-order valence-corrected chi connectivity index (χ1v) is 6.68. The van der Waals surface area contributed by atoms with Crippen LogP contribution in [-0.4, -0.2) is 13.2 Å². The number of phosphoric ester groups is 1.